The number of hydrogen-bond acceptors (Lipinski definition) is 2. The van der Waals surface area contributed by atoms with Gasteiger partial charge in [-0.15, -0.1) is 0 Å². The predicted octanol–water partition coefficient (Wildman–Crippen LogP) is 7.95. The first-order valence-electron chi connectivity index (χ1n) is 10.1. The summed E-state index contributed by atoms with van der Waals surface area (Å²) < 4.78 is 0. The molecule has 0 radical (unpaired) electrons. The van der Waals surface area contributed by atoms with E-state index in [1.165, 1.54) is 113 Å². The summed E-state index contributed by atoms with van der Waals surface area (Å²) in [4.78, 5) is 0. The summed E-state index contributed by atoms with van der Waals surface area (Å²) in [5.41, 5.74) is 0. The van der Waals surface area contributed by atoms with Crippen molar-refractivity contribution in [3.63, 3.8) is 0 Å². The van der Waals surface area contributed by atoms with E-state index in [2.05, 4.69) is 37.4 Å². The van der Waals surface area contributed by atoms with E-state index < -0.39 is 0 Å². The number of rotatable bonds is 19. The molecule has 0 aliphatic rings. The largest absolute Gasteiger partial charge is 0.161 e. The normalized spacial score (nSPS) is 11.2. The molecule has 0 saturated heterocycles. The fraction of sp³-hybridized carbons (Fsp3) is 1.00. The molecule has 0 aromatic heterocycles. The minimum absolute atomic E-state index is 1.37. The number of hydrogen-bond donors (Lipinski definition) is 0. The topological polar surface area (TPSA) is 0 Å². The number of thioether (sulfide) groups is 2. The molecule has 0 rings (SSSR count). The van der Waals surface area contributed by atoms with Gasteiger partial charge in [0.15, 0.2) is 0 Å². The molecule has 0 N–H and O–H groups in total. The smallest absolute Gasteiger partial charge is 0.00235 e. The van der Waals surface area contributed by atoms with E-state index in [1.807, 2.05) is 0 Å². The van der Waals surface area contributed by atoms with Crippen LogP contribution in [0.15, 0.2) is 0 Å². The SMILES string of the molecule is CCCCCCCCCSCCSCCCCCCCCC. The summed E-state index contributed by atoms with van der Waals surface area (Å²) >= 11 is 4.36. The van der Waals surface area contributed by atoms with Crippen molar-refractivity contribution in [1.82, 2.24) is 0 Å². The van der Waals surface area contributed by atoms with Gasteiger partial charge in [0.2, 0.25) is 0 Å². The molecule has 0 atom stereocenters. The van der Waals surface area contributed by atoms with Crippen LogP contribution in [0.1, 0.15) is 104 Å². The molecule has 0 fully saturated rings. The maximum Gasteiger partial charge on any atom is 0.00235 e. The molecule has 0 unspecified atom stereocenters. The van der Waals surface area contributed by atoms with Crippen LogP contribution >= 0.6 is 23.5 Å². The van der Waals surface area contributed by atoms with Crippen molar-refractivity contribution in [3.8, 4) is 0 Å². The number of unbranched alkanes of at least 4 members (excludes halogenated alkanes) is 12. The minimum Gasteiger partial charge on any atom is -0.161 e. The van der Waals surface area contributed by atoms with Crippen LogP contribution < -0.4 is 0 Å². The van der Waals surface area contributed by atoms with E-state index in [9.17, 15) is 0 Å². The Bertz CT molecular complexity index is 163. The van der Waals surface area contributed by atoms with E-state index in [0.29, 0.717) is 0 Å². The van der Waals surface area contributed by atoms with Crippen LogP contribution in [-0.4, -0.2) is 23.0 Å². The third-order valence-corrected chi connectivity index (χ3v) is 6.56. The lowest BCUT2D eigenvalue weighted by Crippen LogP contribution is -1.90. The fourth-order valence-electron chi connectivity index (χ4n) is 2.64. The highest BCUT2D eigenvalue weighted by Gasteiger charge is 1.94. The molecule has 134 valence electrons. The molecule has 0 nitrogen and oxygen atoms in total. The molecular formula is C20H42S2. The molecule has 2 heteroatoms. The monoisotopic (exact) mass is 346 g/mol. The Morgan fingerprint density at radius 2 is 0.682 bits per heavy atom. The van der Waals surface area contributed by atoms with Crippen LogP contribution in [0.5, 0.6) is 0 Å². The maximum atomic E-state index is 2.29. The first kappa shape index (κ1) is 22.7. The van der Waals surface area contributed by atoms with Gasteiger partial charge in [0, 0.05) is 11.5 Å². The fourth-order valence-corrected chi connectivity index (χ4v) is 4.81. The van der Waals surface area contributed by atoms with Crippen LogP contribution in [0.3, 0.4) is 0 Å². The standard InChI is InChI=1S/C20H42S2/c1-3-5-7-9-11-13-15-17-21-19-20-22-18-16-14-12-10-8-6-4-2/h3-20H2,1-2H3. The molecule has 0 saturated carbocycles. The van der Waals surface area contributed by atoms with Crippen LogP contribution in [0.25, 0.3) is 0 Å². The van der Waals surface area contributed by atoms with Gasteiger partial charge in [-0.25, -0.2) is 0 Å². The molecule has 0 bridgehead atoms. The van der Waals surface area contributed by atoms with Gasteiger partial charge >= 0.3 is 0 Å². The third kappa shape index (κ3) is 20.7. The summed E-state index contributed by atoms with van der Waals surface area (Å²) in [6, 6.07) is 0. The van der Waals surface area contributed by atoms with Gasteiger partial charge < -0.3 is 0 Å². The zero-order chi connectivity index (χ0) is 16.1. The van der Waals surface area contributed by atoms with Crippen molar-refractivity contribution in [2.45, 2.75) is 104 Å². The molecule has 0 amide bonds. The van der Waals surface area contributed by atoms with Crippen molar-refractivity contribution in [2.75, 3.05) is 23.0 Å². The van der Waals surface area contributed by atoms with E-state index in [4.69, 9.17) is 0 Å². The quantitative estimate of drug-likeness (QED) is 0.218. The molecular weight excluding hydrogens is 304 g/mol. The van der Waals surface area contributed by atoms with Gasteiger partial charge in [-0.3, -0.25) is 0 Å². The highest BCUT2D eigenvalue weighted by atomic mass is 32.2. The average molecular weight is 347 g/mol. The highest BCUT2D eigenvalue weighted by molar-refractivity contribution is 8.02. The van der Waals surface area contributed by atoms with Crippen molar-refractivity contribution in [2.24, 2.45) is 0 Å². The zero-order valence-corrected chi connectivity index (χ0v) is 17.2. The molecule has 0 spiro atoms. The second-order valence-corrected chi connectivity index (χ2v) is 8.92. The van der Waals surface area contributed by atoms with Crippen molar-refractivity contribution in [3.05, 3.63) is 0 Å². The van der Waals surface area contributed by atoms with E-state index >= 15 is 0 Å². The second-order valence-electron chi connectivity index (χ2n) is 6.47. The molecule has 0 aliphatic carbocycles. The van der Waals surface area contributed by atoms with E-state index in [-0.39, 0.29) is 0 Å². The van der Waals surface area contributed by atoms with Crippen molar-refractivity contribution in [1.29, 1.82) is 0 Å². The Labute approximate surface area is 150 Å². The lowest BCUT2D eigenvalue weighted by atomic mass is 10.1. The summed E-state index contributed by atoms with van der Waals surface area (Å²) in [6.45, 7) is 4.59. The van der Waals surface area contributed by atoms with Crippen LogP contribution in [0.2, 0.25) is 0 Å². The lowest BCUT2D eigenvalue weighted by molar-refractivity contribution is 0.603. The molecule has 0 aliphatic heterocycles. The van der Waals surface area contributed by atoms with Crippen LogP contribution in [0.4, 0.5) is 0 Å². The summed E-state index contributed by atoms with van der Waals surface area (Å²) in [6.07, 6.45) is 20.2. The van der Waals surface area contributed by atoms with Crippen LogP contribution in [-0.2, 0) is 0 Å². The van der Waals surface area contributed by atoms with Crippen molar-refractivity contribution < 1.29 is 0 Å². The zero-order valence-electron chi connectivity index (χ0n) is 15.5. The highest BCUT2D eigenvalue weighted by Crippen LogP contribution is 2.14. The lowest BCUT2D eigenvalue weighted by Gasteiger charge is -2.03. The first-order chi connectivity index (χ1) is 10.9. The van der Waals surface area contributed by atoms with Gasteiger partial charge in [0.1, 0.15) is 0 Å². The molecule has 0 heterocycles. The Balaban J connectivity index is 2.91. The van der Waals surface area contributed by atoms with Crippen molar-refractivity contribution >= 4 is 23.5 Å². The summed E-state index contributed by atoms with van der Waals surface area (Å²) in [5, 5.41) is 0. The Morgan fingerprint density at radius 3 is 1.05 bits per heavy atom. The van der Waals surface area contributed by atoms with E-state index in [0.717, 1.165) is 0 Å². The average Bonchev–Trinajstić information content (AvgIpc) is 2.54. The van der Waals surface area contributed by atoms with Gasteiger partial charge in [-0.2, -0.15) is 23.5 Å². The Morgan fingerprint density at radius 1 is 0.364 bits per heavy atom. The first-order valence-corrected chi connectivity index (χ1v) is 12.4. The maximum absolute atomic E-state index is 2.29. The Hall–Kier alpha value is 0.700. The van der Waals surface area contributed by atoms with Gasteiger partial charge in [0.05, 0.1) is 0 Å². The summed E-state index contributed by atoms with van der Waals surface area (Å²) in [7, 11) is 0. The van der Waals surface area contributed by atoms with Gasteiger partial charge in [-0.1, -0.05) is 90.9 Å². The molecule has 22 heavy (non-hydrogen) atoms. The second kappa shape index (κ2) is 21.7. The Kier molecular flexibility index (Phi) is 22.4. The van der Waals surface area contributed by atoms with Gasteiger partial charge in [-0.05, 0) is 24.3 Å². The minimum atomic E-state index is 1.37. The third-order valence-electron chi connectivity index (χ3n) is 4.16. The summed E-state index contributed by atoms with van der Waals surface area (Å²) in [5.74, 6) is 5.53. The van der Waals surface area contributed by atoms with Gasteiger partial charge in [0.25, 0.3) is 0 Å². The van der Waals surface area contributed by atoms with Crippen LogP contribution in [0, 0.1) is 0 Å². The van der Waals surface area contributed by atoms with E-state index in [1.54, 1.807) is 0 Å². The molecule has 0 aromatic carbocycles. The predicted molar refractivity (Wildman–Crippen MR) is 111 cm³/mol. The molecule has 0 aromatic rings.